The largest absolute Gasteiger partial charge is 0.462 e. The van der Waals surface area contributed by atoms with E-state index >= 15 is 0 Å². The lowest BCUT2D eigenvalue weighted by Gasteiger charge is -2.10. The molecule has 2 aromatic rings. The van der Waals surface area contributed by atoms with Crippen molar-refractivity contribution in [3.63, 3.8) is 0 Å². The van der Waals surface area contributed by atoms with Crippen molar-refractivity contribution in [2.75, 3.05) is 19.7 Å². The Hall–Kier alpha value is -2.76. The van der Waals surface area contributed by atoms with Gasteiger partial charge in [-0.2, -0.15) is 0 Å². The number of carbonyl (C=O) groups is 2. The third-order valence-corrected chi connectivity index (χ3v) is 4.15. The van der Waals surface area contributed by atoms with Gasteiger partial charge < -0.3 is 19.9 Å². The Morgan fingerprint density at radius 2 is 1.85 bits per heavy atom. The Balaban J connectivity index is 1.87. The van der Waals surface area contributed by atoms with Gasteiger partial charge in [0.05, 0.1) is 12.2 Å². The Kier molecular flexibility index (Phi) is 7.26. The van der Waals surface area contributed by atoms with Crippen molar-refractivity contribution in [1.82, 2.24) is 15.2 Å². The molecule has 2 rings (SSSR count). The molecule has 2 N–H and O–H groups in total. The van der Waals surface area contributed by atoms with Gasteiger partial charge in [0.1, 0.15) is 0 Å². The normalized spacial score (nSPS) is 10.4. The van der Waals surface area contributed by atoms with Crippen LogP contribution in [0.25, 0.3) is 0 Å². The molecule has 1 aromatic carbocycles. The number of rotatable bonds is 8. The van der Waals surface area contributed by atoms with E-state index in [1.807, 2.05) is 45.0 Å². The maximum atomic E-state index is 12.3. The van der Waals surface area contributed by atoms with E-state index in [-0.39, 0.29) is 18.6 Å². The maximum absolute atomic E-state index is 12.3. The van der Waals surface area contributed by atoms with E-state index in [0.29, 0.717) is 25.1 Å². The van der Waals surface area contributed by atoms with E-state index in [0.717, 1.165) is 17.9 Å². The molecule has 0 saturated heterocycles. The summed E-state index contributed by atoms with van der Waals surface area (Å²) in [4.78, 5) is 23.6. The molecule has 6 nitrogen and oxygen atoms in total. The first-order valence-corrected chi connectivity index (χ1v) is 8.92. The molecule has 26 heavy (non-hydrogen) atoms. The fourth-order valence-corrected chi connectivity index (χ4v) is 2.76. The number of ether oxygens (including phenoxy) is 1. The second kappa shape index (κ2) is 9.65. The molecule has 0 aliphatic carbocycles. The number of amides is 2. The molecule has 6 heteroatoms. The van der Waals surface area contributed by atoms with Gasteiger partial charge >= 0.3 is 12.0 Å². The third-order valence-electron chi connectivity index (χ3n) is 4.15. The lowest BCUT2D eigenvalue weighted by atomic mass is 10.2. The van der Waals surface area contributed by atoms with Crippen molar-refractivity contribution < 1.29 is 14.3 Å². The predicted molar refractivity (Wildman–Crippen MR) is 101 cm³/mol. The van der Waals surface area contributed by atoms with Crippen LogP contribution in [0.2, 0.25) is 0 Å². The summed E-state index contributed by atoms with van der Waals surface area (Å²) in [6, 6.07) is 11.8. The highest BCUT2D eigenvalue weighted by Gasteiger charge is 2.17. The molecule has 0 atom stereocenters. The summed E-state index contributed by atoms with van der Waals surface area (Å²) in [5, 5.41) is 5.35. The van der Waals surface area contributed by atoms with Crippen LogP contribution in [-0.2, 0) is 11.3 Å². The number of nitrogens with zero attached hydrogens (tertiary/aromatic N) is 1. The van der Waals surface area contributed by atoms with E-state index in [1.54, 1.807) is 0 Å². The molecule has 0 bridgehead atoms. The van der Waals surface area contributed by atoms with Crippen LogP contribution in [0.5, 0.6) is 0 Å². The smallest absolute Gasteiger partial charge is 0.339 e. The summed E-state index contributed by atoms with van der Waals surface area (Å²) < 4.78 is 7.46. The Labute approximate surface area is 154 Å². The Bertz CT molecular complexity index is 738. The molecule has 0 aliphatic heterocycles. The van der Waals surface area contributed by atoms with Gasteiger partial charge in [-0.25, -0.2) is 9.59 Å². The first kappa shape index (κ1) is 19.6. The van der Waals surface area contributed by atoms with Crippen molar-refractivity contribution in [2.45, 2.75) is 33.7 Å². The summed E-state index contributed by atoms with van der Waals surface area (Å²) in [5.74, 6) is -0.324. The minimum atomic E-state index is -0.324. The second-order valence-corrected chi connectivity index (χ2v) is 6.13. The Morgan fingerprint density at radius 1 is 1.12 bits per heavy atom. The lowest BCUT2D eigenvalue weighted by Crippen LogP contribution is -2.36. The van der Waals surface area contributed by atoms with Crippen LogP contribution in [0.3, 0.4) is 0 Å². The quantitative estimate of drug-likeness (QED) is 0.563. The zero-order valence-corrected chi connectivity index (χ0v) is 15.7. The van der Waals surface area contributed by atoms with Gasteiger partial charge in [-0.1, -0.05) is 30.3 Å². The molecule has 0 fully saturated rings. The van der Waals surface area contributed by atoms with Crippen molar-refractivity contribution >= 4 is 12.0 Å². The highest BCUT2D eigenvalue weighted by atomic mass is 16.5. The fraction of sp³-hybridized carbons (Fsp3) is 0.400. The van der Waals surface area contributed by atoms with Gasteiger partial charge in [0, 0.05) is 31.0 Å². The molecular formula is C20H27N3O3. The number of nitrogens with one attached hydrogen (secondary N) is 2. The standard InChI is InChI=1S/C20H27N3O3/c1-4-21-20(25)22-11-8-12-26-19(24)18-13-15(2)23(16(18)3)14-17-9-6-5-7-10-17/h5-7,9-10,13H,4,8,11-12,14H2,1-3H3,(H2,21,22,25). The number of benzene rings is 1. The van der Waals surface area contributed by atoms with E-state index in [9.17, 15) is 9.59 Å². The minimum absolute atomic E-state index is 0.205. The van der Waals surface area contributed by atoms with Crippen LogP contribution in [-0.4, -0.2) is 36.3 Å². The van der Waals surface area contributed by atoms with Gasteiger partial charge in [-0.3, -0.25) is 0 Å². The highest BCUT2D eigenvalue weighted by molar-refractivity contribution is 5.91. The number of hydrogen-bond acceptors (Lipinski definition) is 3. The van der Waals surface area contributed by atoms with Crippen LogP contribution in [0, 0.1) is 13.8 Å². The molecule has 1 heterocycles. The van der Waals surface area contributed by atoms with Crippen molar-refractivity contribution in [1.29, 1.82) is 0 Å². The summed E-state index contributed by atoms with van der Waals surface area (Å²) in [7, 11) is 0. The highest BCUT2D eigenvalue weighted by Crippen LogP contribution is 2.18. The van der Waals surface area contributed by atoms with E-state index in [1.165, 1.54) is 5.56 Å². The average Bonchev–Trinajstić information content (AvgIpc) is 2.91. The average molecular weight is 357 g/mol. The summed E-state index contributed by atoms with van der Waals surface area (Å²) in [6.07, 6.45) is 0.575. The zero-order valence-electron chi connectivity index (χ0n) is 15.7. The van der Waals surface area contributed by atoms with Crippen molar-refractivity contribution in [3.05, 3.63) is 58.9 Å². The van der Waals surface area contributed by atoms with Gasteiger partial charge in [-0.05, 0) is 38.8 Å². The molecule has 2 amide bonds. The van der Waals surface area contributed by atoms with E-state index in [4.69, 9.17) is 4.74 Å². The van der Waals surface area contributed by atoms with Gasteiger partial charge in [0.25, 0.3) is 0 Å². The van der Waals surface area contributed by atoms with Crippen LogP contribution in [0.4, 0.5) is 4.79 Å². The topological polar surface area (TPSA) is 72.4 Å². The molecule has 0 aliphatic rings. The number of aryl methyl sites for hydroxylation is 1. The van der Waals surface area contributed by atoms with Gasteiger partial charge in [-0.15, -0.1) is 0 Å². The SMILES string of the molecule is CCNC(=O)NCCCOC(=O)c1cc(C)n(Cc2ccccc2)c1C. The first-order chi connectivity index (χ1) is 12.5. The summed E-state index contributed by atoms with van der Waals surface area (Å²) in [5.41, 5.74) is 3.70. The third kappa shape index (κ3) is 5.37. The predicted octanol–water partition coefficient (Wildman–Crippen LogP) is 3.02. The Morgan fingerprint density at radius 3 is 2.54 bits per heavy atom. The summed E-state index contributed by atoms with van der Waals surface area (Å²) in [6.45, 7) is 7.82. The van der Waals surface area contributed by atoms with E-state index < -0.39 is 0 Å². The van der Waals surface area contributed by atoms with Crippen molar-refractivity contribution in [2.24, 2.45) is 0 Å². The maximum Gasteiger partial charge on any atom is 0.339 e. The lowest BCUT2D eigenvalue weighted by molar-refractivity contribution is 0.0500. The van der Waals surface area contributed by atoms with Crippen LogP contribution >= 0.6 is 0 Å². The second-order valence-electron chi connectivity index (χ2n) is 6.13. The number of hydrogen-bond donors (Lipinski definition) is 2. The number of carbonyl (C=O) groups excluding carboxylic acids is 2. The monoisotopic (exact) mass is 357 g/mol. The minimum Gasteiger partial charge on any atom is -0.462 e. The summed E-state index contributed by atoms with van der Waals surface area (Å²) >= 11 is 0. The number of esters is 1. The molecule has 0 unspecified atom stereocenters. The van der Waals surface area contributed by atoms with Crippen LogP contribution in [0.1, 0.15) is 40.7 Å². The molecular weight excluding hydrogens is 330 g/mol. The number of urea groups is 1. The van der Waals surface area contributed by atoms with Crippen molar-refractivity contribution in [3.8, 4) is 0 Å². The molecule has 1 aromatic heterocycles. The van der Waals surface area contributed by atoms with Crippen LogP contribution < -0.4 is 10.6 Å². The molecule has 0 saturated carbocycles. The fourth-order valence-electron chi connectivity index (χ4n) is 2.76. The van der Waals surface area contributed by atoms with Gasteiger partial charge in [0.2, 0.25) is 0 Å². The molecule has 0 spiro atoms. The van der Waals surface area contributed by atoms with E-state index in [2.05, 4.69) is 27.3 Å². The zero-order chi connectivity index (χ0) is 18.9. The number of aromatic nitrogens is 1. The van der Waals surface area contributed by atoms with Gasteiger partial charge in [0.15, 0.2) is 0 Å². The van der Waals surface area contributed by atoms with Crippen LogP contribution in [0.15, 0.2) is 36.4 Å². The molecule has 140 valence electrons. The molecule has 0 radical (unpaired) electrons. The first-order valence-electron chi connectivity index (χ1n) is 8.92.